The van der Waals surface area contributed by atoms with Crippen molar-refractivity contribution in [1.29, 1.82) is 0 Å². The number of phenolic OH excluding ortho intramolecular Hbond substituents is 1. The van der Waals surface area contributed by atoms with E-state index in [1.807, 2.05) is 12.1 Å². The molecule has 6 bridgehead atoms. The van der Waals surface area contributed by atoms with E-state index in [4.69, 9.17) is 19.9 Å². The summed E-state index contributed by atoms with van der Waals surface area (Å²) in [6, 6.07) is 17.0. The minimum absolute atomic E-state index is 0.0334. The summed E-state index contributed by atoms with van der Waals surface area (Å²) in [5.74, 6) is 8.59. The van der Waals surface area contributed by atoms with Crippen molar-refractivity contribution in [1.82, 2.24) is 9.88 Å². The van der Waals surface area contributed by atoms with Crippen LogP contribution < -0.4 is 15.8 Å². The first kappa shape index (κ1) is 39.8. The van der Waals surface area contributed by atoms with E-state index in [0.717, 1.165) is 83.8 Å². The molecule has 0 radical (unpaired) electrons. The first-order valence-electron chi connectivity index (χ1n) is 21.6. The summed E-state index contributed by atoms with van der Waals surface area (Å²) in [4.78, 5) is 0. The van der Waals surface area contributed by atoms with Gasteiger partial charge in [-0.2, -0.15) is 0 Å². The van der Waals surface area contributed by atoms with Gasteiger partial charge in [-0.25, -0.2) is 0 Å². The number of phenols is 1. The van der Waals surface area contributed by atoms with Crippen LogP contribution in [-0.4, -0.2) is 69.8 Å². The van der Waals surface area contributed by atoms with Gasteiger partial charge in [0, 0.05) is 58.9 Å². The molecule has 1 saturated heterocycles. The Morgan fingerprint density at radius 3 is 2.73 bits per heavy atom. The first-order chi connectivity index (χ1) is 28.8. The number of nitrogens with two attached hydrogens (primary N) is 1. The average Bonchev–Trinajstić information content (AvgIpc) is 3.68. The summed E-state index contributed by atoms with van der Waals surface area (Å²) in [6.07, 6.45) is 13.2. The standard InChI is InChI=1S/C49H57N3O7/c50-47-23-34-11-10-31(6-4-17-53)5-3-8-41-24-40(55)15-13-33-22-46(45(56)21-36(33)27-54)59-28-37-20-39(19-35-25-52(26-42(35)37)48(51-47)43(34)30-58-41)49-16-18-57-29-38(49)14-12-32-7-1-2-9-44(32)49/h1-2,7,9,19-23,25-26,31,38,40-41,47,51,53-56H,3-6,8,12-18,24,27-30,50H2. The van der Waals surface area contributed by atoms with Gasteiger partial charge in [-0.15, -0.1) is 0 Å². The molecule has 10 heteroatoms. The van der Waals surface area contributed by atoms with Gasteiger partial charge in [-0.3, -0.25) is 0 Å². The number of aryl methyl sites for hydroxylation is 2. The highest BCUT2D eigenvalue weighted by Crippen LogP contribution is 2.52. The second-order valence-corrected chi connectivity index (χ2v) is 17.2. The molecule has 310 valence electrons. The lowest BCUT2D eigenvalue weighted by Gasteiger charge is -2.49. The number of dihydropyridines is 1. The number of benzene rings is 3. The Kier molecular flexibility index (Phi) is 11.6. The van der Waals surface area contributed by atoms with Crippen molar-refractivity contribution in [2.45, 2.75) is 108 Å². The van der Waals surface area contributed by atoms with E-state index in [1.54, 1.807) is 6.07 Å². The van der Waals surface area contributed by atoms with Crippen molar-refractivity contribution in [3.8, 4) is 23.3 Å². The first-order valence-corrected chi connectivity index (χ1v) is 21.6. The Bertz CT molecular complexity index is 2320. The fourth-order valence-corrected chi connectivity index (χ4v) is 10.5. The van der Waals surface area contributed by atoms with Crippen molar-refractivity contribution >= 4 is 16.6 Å². The van der Waals surface area contributed by atoms with Gasteiger partial charge in [-0.05, 0) is 134 Å². The van der Waals surface area contributed by atoms with Crippen LogP contribution in [0.2, 0.25) is 0 Å². The van der Waals surface area contributed by atoms with Gasteiger partial charge in [0.2, 0.25) is 0 Å². The largest absolute Gasteiger partial charge is 0.504 e. The molecule has 1 aliphatic carbocycles. The number of nitrogens with one attached hydrogen (secondary N) is 1. The van der Waals surface area contributed by atoms with E-state index in [0.29, 0.717) is 56.1 Å². The maximum Gasteiger partial charge on any atom is 0.161 e. The van der Waals surface area contributed by atoms with Crippen molar-refractivity contribution in [3.63, 3.8) is 0 Å². The van der Waals surface area contributed by atoms with E-state index in [2.05, 4.69) is 70.5 Å². The summed E-state index contributed by atoms with van der Waals surface area (Å²) >= 11 is 0. The van der Waals surface area contributed by atoms with E-state index in [9.17, 15) is 20.4 Å². The molecule has 0 saturated carbocycles. The maximum atomic E-state index is 11.5. The Balaban J connectivity index is 1.24. The molecule has 6 atom stereocenters. The highest BCUT2D eigenvalue weighted by Gasteiger charge is 2.47. The van der Waals surface area contributed by atoms with Crippen LogP contribution in [0.3, 0.4) is 0 Å². The summed E-state index contributed by atoms with van der Waals surface area (Å²) in [5, 5.41) is 48.3. The third kappa shape index (κ3) is 7.93. The number of hydrogen-bond acceptors (Lipinski definition) is 9. The molecule has 5 aliphatic rings. The Labute approximate surface area is 346 Å². The lowest BCUT2D eigenvalue weighted by atomic mass is 9.57. The predicted molar refractivity (Wildman–Crippen MR) is 227 cm³/mol. The second kappa shape index (κ2) is 17.2. The summed E-state index contributed by atoms with van der Waals surface area (Å²) < 4.78 is 21.6. The normalized spacial score (nSPS) is 27.2. The second-order valence-electron chi connectivity index (χ2n) is 17.2. The van der Waals surface area contributed by atoms with E-state index >= 15 is 0 Å². The van der Waals surface area contributed by atoms with Crippen LogP contribution in [0.5, 0.6) is 11.5 Å². The van der Waals surface area contributed by atoms with Crippen LogP contribution in [0, 0.1) is 23.7 Å². The zero-order valence-electron chi connectivity index (χ0n) is 33.8. The maximum absolute atomic E-state index is 11.5. The number of hydrogen-bond donors (Lipinski definition) is 6. The van der Waals surface area contributed by atoms with E-state index in [-0.39, 0.29) is 49.6 Å². The highest BCUT2D eigenvalue weighted by molar-refractivity contribution is 5.88. The van der Waals surface area contributed by atoms with Crippen LogP contribution in [-0.2, 0) is 40.9 Å². The van der Waals surface area contributed by atoms with E-state index in [1.165, 1.54) is 16.7 Å². The average molecular weight is 800 g/mol. The third-order valence-corrected chi connectivity index (χ3v) is 13.6. The monoisotopic (exact) mass is 799 g/mol. The zero-order valence-corrected chi connectivity index (χ0v) is 33.8. The van der Waals surface area contributed by atoms with Gasteiger partial charge in [0.15, 0.2) is 11.5 Å². The number of nitrogens with zero attached hydrogens (tertiary/aromatic N) is 1. The highest BCUT2D eigenvalue weighted by atomic mass is 16.5. The number of ether oxygens (including phenoxy) is 3. The van der Waals surface area contributed by atoms with E-state index < -0.39 is 12.3 Å². The molecule has 6 unspecified atom stereocenters. The molecule has 59 heavy (non-hydrogen) atoms. The SMILES string of the molecule is NC1C=C2C#CC(CCCO)CCCC3CC(O)CCc4cc(c(O)cc4CO)OCc4cc(C56CCOCC5CCc5ccccc56)cc5cn(cc45)C(=C2CO3)N1. The van der Waals surface area contributed by atoms with Crippen LogP contribution in [0.4, 0.5) is 0 Å². The van der Waals surface area contributed by atoms with Crippen molar-refractivity contribution in [3.05, 3.63) is 112 Å². The molecular weight excluding hydrogens is 743 g/mol. The molecule has 4 aromatic rings. The summed E-state index contributed by atoms with van der Waals surface area (Å²) in [7, 11) is 0. The molecule has 1 fully saturated rings. The van der Waals surface area contributed by atoms with Crippen LogP contribution in [0.15, 0.2) is 78.1 Å². The molecule has 1 aromatic heterocycles. The number of rotatable bonds is 5. The summed E-state index contributed by atoms with van der Waals surface area (Å²) in [6.45, 7) is 1.74. The fraction of sp³-hybridized carbons (Fsp3) is 0.469. The molecule has 10 nitrogen and oxygen atoms in total. The molecule has 4 aliphatic heterocycles. The molecule has 7 N–H and O–H groups in total. The van der Waals surface area contributed by atoms with Gasteiger partial charge < -0.3 is 50.3 Å². The number of aliphatic hydroxyl groups is 3. The summed E-state index contributed by atoms with van der Waals surface area (Å²) in [5.41, 5.74) is 14.6. The number of aliphatic hydroxyl groups excluding tert-OH is 3. The van der Waals surface area contributed by atoms with Crippen molar-refractivity contribution in [2.24, 2.45) is 17.6 Å². The Morgan fingerprint density at radius 1 is 0.966 bits per heavy atom. The van der Waals surface area contributed by atoms with Crippen molar-refractivity contribution < 1.29 is 34.6 Å². The number of aromatic hydroxyl groups is 1. The number of fused-ring (bicyclic) bond motifs is 9. The van der Waals surface area contributed by atoms with Crippen LogP contribution in [0.25, 0.3) is 16.6 Å². The smallest absolute Gasteiger partial charge is 0.161 e. The lowest BCUT2D eigenvalue weighted by Crippen LogP contribution is -2.47. The fourth-order valence-electron chi connectivity index (χ4n) is 10.5. The molecule has 9 rings (SSSR count). The lowest BCUT2D eigenvalue weighted by molar-refractivity contribution is 0.00498. The van der Waals surface area contributed by atoms with Crippen molar-refractivity contribution in [2.75, 3.05) is 26.4 Å². The molecule has 5 heterocycles. The molecule has 0 spiro atoms. The van der Waals surface area contributed by atoms with Crippen LogP contribution >= 0.6 is 0 Å². The van der Waals surface area contributed by atoms with Crippen LogP contribution in [0.1, 0.15) is 91.2 Å². The topological polar surface area (TPSA) is 152 Å². The zero-order chi connectivity index (χ0) is 40.5. The van der Waals surface area contributed by atoms with Gasteiger partial charge in [-0.1, -0.05) is 42.2 Å². The molecular formula is C49H57N3O7. The quantitative estimate of drug-likeness (QED) is 0.127. The van der Waals surface area contributed by atoms with Gasteiger partial charge >= 0.3 is 0 Å². The molecule has 3 aromatic carbocycles. The Hall–Kier alpha value is -4.60. The van der Waals surface area contributed by atoms with Gasteiger partial charge in [0.25, 0.3) is 0 Å². The molecule has 0 amide bonds. The predicted octanol–water partition coefficient (Wildman–Crippen LogP) is 6.33. The van der Waals surface area contributed by atoms with Gasteiger partial charge in [0.05, 0.1) is 38.2 Å². The Morgan fingerprint density at radius 2 is 1.85 bits per heavy atom. The van der Waals surface area contributed by atoms with Gasteiger partial charge in [0.1, 0.15) is 12.4 Å². The number of aromatic nitrogens is 1. The third-order valence-electron chi connectivity index (χ3n) is 13.6. The minimum atomic E-state index is -0.655. The minimum Gasteiger partial charge on any atom is -0.504 e.